The Bertz CT molecular complexity index is 721. The van der Waals surface area contributed by atoms with Gasteiger partial charge in [0.05, 0.1) is 17.3 Å². The van der Waals surface area contributed by atoms with Gasteiger partial charge < -0.3 is 0 Å². The molecule has 3 nitrogen and oxygen atoms in total. The van der Waals surface area contributed by atoms with Crippen molar-refractivity contribution in [1.82, 2.24) is 0 Å². The lowest BCUT2D eigenvalue weighted by molar-refractivity contribution is 0.1000. The van der Waals surface area contributed by atoms with E-state index in [1.54, 1.807) is 0 Å². The van der Waals surface area contributed by atoms with Crippen LogP contribution < -0.4 is 5.06 Å². The molecule has 0 unspecified atom stereocenters. The van der Waals surface area contributed by atoms with E-state index in [2.05, 4.69) is 37.3 Å². The van der Waals surface area contributed by atoms with Gasteiger partial charge in [-0.15, -0.1) is 0 Å². The summed E-state index contributed by atoms with van der Waals surface area (Å²) >= 11 is 0. The second kappa shape index (κ2) is 4.34. The standard InChI is InChI=1S/C18H16N2O/c1-18-15-10-6-5-7-13(15)11-16(18)17(12-19)21-20(18)14-8-3-2-4-9-14/h2-10,16-17H,11H2,1H3/t16-,17-,18-/m1/s1. The van der Waals surface area contributed by atoms with Crippen molar-refractivity contribution in [3.05, 3.63) is 65.7 Å². The topological polar surface area (TPSA) is 36.3 Å². The number of hydrogen-bond acceptors (Lipinski definition) is 3. The van der Waals surface area contributed by atoms with Crippen LogP contribution in [-0.4, -0.2) is 6.10 Å². The molecule has 1 heterocycles. The molecule has 0 spiro atoms. The fraction of sp³-hybridized carbons (Fsp3) is 0.278. The lowest BCUT2D eigenvalue weighted by Gasteiger charge is -2.35. The third-order valence-electron chi connectivity index (χ3n) is 4.85. The first kappa shape index (κ1) is 12.4. The van der Waals surface area contributed by atoms with E-state index in [9.17, 15) is 5.26 Å². The number of rotatable bonds is 1. The number of benzene rings is 2. The van der Waals surface area contributed by atoms with Crippen LogP contribution in [0.4, 0.5) is 5.69 Å². The van der Waals surface area contributed by atoms with Crippen LogP contribution in [-0.2, 0) is 16.8 Å². The van der Waals surface area contributed by atoms with Crippen LogP contribution in [0.1, 0.15) is 18.1 Å². The second-order valence-electron chi connectivity index (χ2n) is 5.90. The molecule has 3 atom stereocenters. The summed E-state index contributed by atoms with van der Waals surface area (Å²) in [6.07, 6.45) is 0.497. The number of hydroxylamine groups is 1. The van der Waals surface area contributed by atoms with Crippen LogP contribution >= 0.6 is 0 Å². The summed E-state index contributed by atoms with van der Waals surface area (Å²) in [7, 11) is 0. The smallest absolute Gasteiger partial charge is 0.177 e. The van der Waals surface area contributed by atoms with Crippen LogP contribution in [0.25, 0.3) is 0 Å². The van der Waals surface area contributed by atoms with Crippen LogP contribution in [0.15, 0.2) is 54.6 Å². The fourth-order valence-corrected chi connectivity index (χ4v) is 3.79. The van der Waals surface area contributed by atoms with Gasteiger partial charge in [-0.05, 0) is 36.6 Å². The van der Waals surface area contributed by atoms with Crippen molar-refractivity contribution in [1.29, 1.82) is 5.26 Å². The lowest BCUT2D eigenvalue weighted by atomic mass is 9.83. The molecule has 2 aromatic rings. The Balaban J connectivity index is 1.89. The van der Waals surface area contributed by atoms with Crippen molar-refractivity contribution in [2.45, 2.75) is 25.0 Å². The molecule has 4 rings (SSSR count). The lowest BCUT2D eigenvalue weighted by Crippen LogP contribution is -2.40. The minimum Gasteiger partial charge on any atom is -0.254 e. The van der Waals surface area contributed by atoms with Gasteiger partial charge in [0.15, 0.2) is 6.10 Å². The second-order valence-corrected chi connectivity index (χ2v) is 5.90. The summed E-state index contributed by atoms with van der Waals surface area (Å²) in [6, 6.07) is 20.8. The van der Waals surface area contributed by atoms with E-state index in [1.807, 2.05) is 35.4 Å². The highest BCUT2D eigenvalue weighted by atomic mass is 16.7. The molecular weight excluding hydrogens is 260 g/mol. The van der Waals surface area contributed by atoms with E-state index >= 15 is 0 Å². The highest BCUT2D eigenvalue weighted by Crippen LogP contribution is 2.53. The van der Waals surface area contributed by atoms with E-state index in [0.717, 1.165) is 12.1 Å². The maximum Gasteiger partial charge on any atom is 0.177 e. The Hall–Kier alpha value is -2.31. The zero-order valence-corrected chi connectivity index (χ0v) is 11.9. The number of fused-ring (bicyclic) bond motifs is 3. The third kappa shape index (κ3) is 1.57. The molecule has 0 N–H and O–H groups in total. The van der Waals surface area contributed by atoms with Gasteiger partial charge in [0.1, 0.15) is 0 Å². The number of anilines is 1. The van der Waals surface area contributed by atoms with Crippen LogP contribution in [0.5, 0.6) is 0 Å². The summed E-state index contributed by atoms with van der Waals surface area (Å²) in [6.45, 7) is 2.19. The largest absolute Gasteiger partial charge is 0.254 e. The maximum absolute atomic E-state index is 9.47. The molecule has 21 heavy (non-hydrogen) atoms. The molecule has 0 saturated carbocycles. The van der Waals surface area contributed by atoms with E-state index in [-0.39, 0.29) is 11.5 Å². The molecule has 1 aliphatic heterocycles. The molecule has 1 aliphatic carbocycles. The van der Waals surface area contributed by atoms with Gasteiger partial charge >= 0.3 is 0 Å². The molecule has 104 valence electrons. The van der Waals surface area contributed by atoms with Crippen molar-refractivity contribution in [2.75, 3.05) is 5.06 Å². The van der Waals surface area contributed by atoms with Gasteiger partial charge in [0.25, 0.3) is 0 Å². The van der Waals surface area contributed by atoms with Crippen LogP contribution in [0, 0.1) is 17.2 Å². The fourth-order valence-electron chi connectivity index (χ4n) is 3.79. The van der Waals surface area contributed by atoms with Gasteiger partial charge in [-0.2, -0.15) is 5.26 Å². The maximum atomic E-state index is 9.47. The molecule has 1 saturated heterocycles. The first-order chi connectivity index (χ1) is 10.2. The van der Waals surface area contributed by atoms with Gasteiger partial charge in [-0.25, -0.2) is 5.06 Å². The van der Waals surface area contributed by atoms with Gasteiger partial charge in [0, 0.05) is 5.92 Å². The third-order valence-corrected chi connectivity index (χ3v) is 4.85. The van der Waals surface area contributed by atoms with Crippen molar-refractivity contribution in [3.63, 3.8) is 0 Å². The SMILES string of the molecule is C[C@@]12c3ccccc3C[C@@H]1[C@@H](C#N)ON2c1ccccc1. The van der Waals surface area contributed by atoms with Crippen LogP contribution in [0.2, 0.25) is 0 Å². The molecule has 1 fully saturated rings. The van der Waals surface area contributed by atoms with Gasteiger partial charge in [-0.3, -0.25) is 4.84 Å². The number of nitrogens with zero attached hydrogens (tertiary/aromatic N) is 2. The average Bonchev–Trinajstić information content (AvgIpc) is 2.98. The highest BCUT2D eigenvalue weighted by Gasteiger charge is 2.58. The molecule has 0 radical (unpaired) electrons. The van der Waals surface area contributed by atoms with Gasteiger partial charge in [-0.1, -0.05) is 42.5 Å². The number of hydrogen-bond donors (Lipinski definition) is 0. The Morgan fingerprint density at radius 3 is 2.62 bits per heavy atom. The Kier molecular flexibility index (Phi) is 2.57. The van der Waals surface area contributed by atoms with Crippen molar-refractivity contribution < 1.29 is 4.84 Å². The molecule has 3 heteroatoms. The van der Waals surface area contributed by atoms with E-state index < -0.39 is 6.10 Å². The molecule has 0 aromatic heterocycles. The summed E-state index contributed by atoms with van der Waals surface area (Å²) in [5, 5.41) is 11.4. The normalized spacial score (nSPS) is 29.8. The van der Waals surface area contributed by atoms with Crippen molar-refractivity contribution >= 4 is 5.69 Å². The highest BCUT2D eigenvalue weighted by molar-refractivity contribution is 5.55. The molecule has 2 aromatic carbocycles. The molecule has 0 amide bonds. The monoisotopic (exact) mass is 276 g/mol. The summed E-state index contributed by atoms with van der Waals surface area (Å²) in [5.74, 6) is 0.167. The molecular formula is C18H16N2O. The van der Waals surface area contributed by atoms with Crippen LogP contribution in [0.3, 0.4) is 0 Å². The van der Waals surface area contributed by atoms with E-state index in [1.165, 1.54) is 11.1 Å². The van der Waals surface area contributed by atoms with Crippen molar-refractivity contribution in [2.24, 2.45) is 5.92 Å². The minimum absolute atomic E-state index is 0.167. The Morgan fingerprint density at radius 2 is 1.86 bits per heavy atom. The Labute approximate surface area is 124 Å². The predicted octanol–water partition coefficient (Wildman–Crippen LogP) is 3.42. The molecule has 0 bridgehead atoms. The number of para-hydroxylation sites is 1. The minimum atomic E-state index is -0.400. The van der Waals surface area contributed by atoms with Crippen molar-refractivity contribution in [3.8, 4) is 6.07 Å². The van der Waals surface area contributed by atoms with Gasteiger partial charge in [0.2, 0.25) is 0 Å². The summed E-state index contributed by atoms with van der Waals surface area (Å²) < 4.78 is 0. The summed E-state index contributed by atoms with van der Waals surface area (Å²) in [5.41, 5.74) is 3.32. The molecule has 2 aliphatic rings. The first-order valence-corrected chi connectivity index (χ1v) is 7.25. The summed E-state index contributed by atoms with van der Waals surface area (Å²) in [4.78, 5) is 6.00. The first-order valence-electron chi connectivity index (χ1n) is 7.25. The van der Waals surface area contributed by atoms with E-state index in [0.29, 0.717) is 0 Å². The quantitative estimate of drug-likeness (QED) is 0.800. The number of nitriles is 1. The van der Waals surface area contributed by atoms with E-state index in [4.69, 9.17) is 4.84 Å². The Morgan fingerprint density at radius 1 is 1.14 bits per heavy atom. The predicted molar refractivity (Wildman–Crippen MR) is 80.4 cm³/mol. The zero-order valence-electron chi connectivity index (χ0n) is 11.9. The average molecular weight is 276 g/mol. The zero-order chi connectivity index (χ0) is 14.4.